The maximum absolute atomic E-state index is 13.5. The zero-order valence-electron chi connectivity index (χ0n) is 21.3. The number of para-hydroxylation sites is 1. The van der Waals surface area contributed by atoms with E-state index in [2.05, 4.69) is 22.1 Å². The molecule has 8 heteroatoms. The predicted molar refractivity (Wildman–Crippen MR) is 144 cm³/mol. The molecule has 1 aliphatic carbocycles. The van der Waals surface area contributed by atoms with Crippen molar-refractivity contribution in [2.24, 2.45) is 5.92 Å². The van der Waals surface area contributed by atoms with Crippen LogP contribution in [-0.4, -0.2) is 29.4 Å². The predicted octanol–water partition coefficient (Wildman–Crippen LogP) is 5.10. The molecule has 0 saturated carbocycles. The number of hydrogen-bond donors (Lipinski definition) is 1. The lowest BCUT2D eigenvalue weighted by atomic mass is 9.82. The number of ether oxygens (including phenoxy) is 2. The molecule has 2 atom stereocenters. The van der Waals surface area contributed by atoms with Gasteiger partial charge in [0.2, 0.25) is 0 Å². The van der Waals surface area contributed by atoms with Gasteiger partial charge in [-0.3, -0.25) is 9.78 Å². The molecule has 2 aliphatic rings. The zero-order valence-corrected chi connectivity index (χ0v) is 21.3. The van der Waals surface area contributed by atoms with Gasteiger partial charge < -0.3 is 14.8 Å². The van der Waals surface area contributed by atoms with Crippen LogP contribution in [0.4, 0.5) is 9.18 Å². The third-order valence-corrected chi connectivity index (χ3v) is 7.37. The Balaban J connectivity index is 1.11. The monoisotopic (exact) mass is 534 g/mol. The number of aromatic nitrogens is 1. The number of rotatable bonds is 6. The number of benzene rings is 3. The van der Waals surface area contributed by atoms with Crippen LogP contribution in [0.5, 0.6) is 5.75 Å². The second kappa shape index (κ2) is 10.3. The number of fused-ring (bicyclic) bond motifs is 2. The second-order valence-corrected chi connectivity index (χ2v) is 9.84. The van der Waals surface area contributed by atoms with E-state index in [0.29, 0.717) is 29.7 Å². The van der Waals surface area contributed by atoms with Gasteiger partial charge in [0.1, 0.15) is 18.2 Å². The molecule has 3 aromatic carbocycles. The number of carbonyl (C=O) groups excluding carboxylic acids is 3. The fourth-order valence-corrected chi connectivity index (χ4v) is 5.31. The van der Waals surface area contributed by atoms with Crippen molar-refractivity contribution in [3.63, 3.8) is 0 Å². The highest BCUT2D eigenvalue weighted by atomic mass is 19.1. The summed E-state index contributed by atoms with van der Waals surface area (Å²) in [6.45, 7) is 0.144. The minimum atomic E-state index is -1.46. The molecule has 2 heterocycles. The summed E-state index contributed by atoms with van der Waals surface area (Å²) in [5, 5.41) is 3.60. The number of halogens is 1. The Morgan fingerprint density at radius 1 is 1.05 bits per heavy atom. The number of hydrogen-bond acceptors (Lipinski definition) is 6. The van der Waals surface area contributed by atoms with Crippen LogP contribution < -0.4 is 10.1 Å². The molecular formula is C32H23FN2O5. The normalized spacial score (nSPS) is 19.5. The average Bonchev–Trinajstić information content (AvgIpc) is 3.44. The maximum Gasteiger partial charge on any atom is 0.416 e. The van der Waals surface area contributed by atoms with E-state index < -0.39 is 23.4 Å². The van der Waals surface area contributed by atoms with Gasteiger partial charge in [-0.05, 0) is 66.8 Å². The summed E-state index contributed by atoms with van der Waals surface area (Å²) in [6.07, 6.45) is 1.82. The van der Waals surface area contributed by atoms with Crippen LogP contribution in [0.1, 0.15) is 39.9 Å². The summed E-state index contributed by atoms with van der Waals surface area (Å²) in [5.74, 6) is 4.91. The number of nitrogens with one attached hydrogen (secondary N) is 1. The SMILES string of the molecule is O=C1NC(CCC2Cc3ccc(OCC#Cc4cnc5ccccc5c4)cc3C2=O)(c2ccc(F)cc2)C(=O)O1. The smallest absolute Gasteiger partial charge is 0.416 e. The van der Waals surface area contributed by atoms with E-state index in [4.69, 9.17) is 9.47 Å². The maximum atomic E-state index is 13.5. The lowest BCUT2D eigenvalue weighted by Crippen LogP contribution is -2.43. The first kappa shape index (κ1) is 25.3. The average molecular weight is 535 g/mol. The van der Waals surface area contributed by atoms with E-state index in [1.165, 1.54) is 24.3 Å². The van der Waals surface area contributed by atoms with Gasteiger partial charge in [0.25, 0.3) is 0 Å². The second-order valence-electron chi connectivity index (χ2n) is 9.84. The van der Waals surface area contributed by atoms with Crippen LogP contribution in [-0.2, 0) is 21.5 Å². The molecule has 1 amide bonds. The number of cyclic esters (lactones) is 2. The van der Waals surface area contributed by atoms with Gasteiger partial charge in [-0.2, -0.15) is 0 Å². The molecule has 6 rings (SSSR count). The van der Waals surface area contributed by atoms with Crippen molar-refractivity contribution in [1.29, 1.82) is 0 Å². The van der Waals surface area contributed by atoms with Crippen LogP contribution in [0.2, 0.25) is 0 Å². The third-order valence-electron chi connectivity index (χ3n) is 7.37. The van der Waals surface area contributed by atoms with Crippen molar-refractivity contribution in [2.45, 2.75) is 24.8 Å². The zero-order chi connectivity index (χ0) is 27.7. The van der Waals surface area contributed by atoms with E-state index in [-0.39, 0.29) is 24.7 Å². The van der Waals surface area contributed by atoms with Gasteiger partial charge in [0.15, 0.2) is 11.3 Å². The first-order valence-corrected chi connectivity index (χ1v) is 12.9. The van der Waals surface area contributed by atoms with Gasteiger partial charge >= 0.3 is 12.1 Å². The molecular weight excluding hydrogens is 511 g/mol. The lowest BCUT2D eigenvalue weighted by molar-refractivity contribution is -0.140. The van der Waals surface area contributed by atoms with Gasteiger partial charge in [0.05, 0.1) is 5.52 Å². The summed E-state index contributed by atoms with van der Waals surface area (Å²) in [7, 11) is 0. The summed E-state index contributed by atoms with van der Waals surface area (Å²) < 4.78 is 24.1. The summed E-state index contributed by atoms with van der Waals surface area (Å²) in [6, 6.07) is 20.5. The molecule has 0 radical (unpaired) electrons. The highest BCUT2D eigenvalue weighted by molar-refractivity contribution is 6.03. The summed E-state index contributed by atoms with van der Waals surface area (Å²) >= 11 is 0. The largest absolute Gasteiger partial charge is 0.481 e. The Bertz CT molecular complexity index is 1720. The molecule has 2 unspecified atom stereocenters. The minimum Gasteiger partial charge on any atom is -0.481 e. The van der Waals surface area contributed by atoms with Crippen molar-refractivity contribution in [3.8, 4) is 17.6 Å². The van der Waals surface area contributed by atoms with Crippen molar-refractivity contribution < 1.29 is 28.2 Å². The Morgan fingerprint density at radius 3 is 2.67 bits per heavy atom. The van der Waals surface area contributed by atoms with Crippen LogP contribution in [0.15, 0.2) is 79.0 Å². The highest BCUT2D eigenvalue weighted by Gasteiger charge is 2.50. The number of esters is 1. The molecule has 1 aromatic heterocycles. The number of Topliss-reactive ketones (excluding diaryl/α,β-unsaturated/α-hetero) is 1. The van der Waals surface area contributed by atoms with Gasteiger partial charge in [0, 0.05) is 28.6 Å². The first-order chi connectivity index (χ1) is 19.4. The first-order valence-electron chi connectivity index (χ1n) is 12.9. The lowest BCUT2D eigenvalue weighted by Gasteiger charge is -2.26. The molecule has 1 N–H and O–H groups in total. The third kappa shape index (κ3) is 4.78. The Morgan fingerprint density at radius 2 is 1.88 bits per heavy atom. The molecule has 1 saturated heterocycles. The quantitative estimate of drug-likeness (QED) is 0.210. The summed E-state index contributed by atoms with van der Waals surface area (Å²) in [5.41, 5.74) is 2.10. The van der Waals surface area contributed by atoms with E-state index in [0.717, 1.165) is 22.0 Å². The number of alkyl carbamates (subject to hydrolysis) is 1. The highest BCUT2D eigenvalue weighted by Crippen LogP contribution is 2.38. The number of pyridine rings is 1. The van der Waals surface area contributed by atoms with Crippen LogP contribution in [0, 0.1) is 23.6 Å². The molecule has 4 aromatic rings. The van der Waals surface area contributed by atoms with E-state index in [1.807, 2.05) is 42.5 Å². The number of ketones is 1. The summed E-state index contributed by atoms with van der Waals surface area (Å²) in [4.78, 5) is 42.3. The molecule has 1 fully saturated rings. The van der Waals surface area contributed by atoms with Crippen LogP contribution >= 0.6 is 0 Å². The van der Waals surface area contributed by atoms with E-state index >= 15 is 0 Å². The van der Waals surface area contributed by atoms with Crippen LogP contribution in [0.25, 0.3) is 10.9 Å². The molecule has 40 heavy (non-hydrogen) atoms. The molecule has 0 spiro atoms. The van der Waals surface area contributed by atoms with Gasteiger partial charge in [-0.1, -0.05) is 48.2 Å². The molecule has 198 valence electrons. The van der Waals surface area contributed by atoms with Gasteiger partial charge in [-0.25, -0.2) is 14.0 Å². The Kier molecular flexibility index (Phi) is 6.48. The number of amides is 1. The Hall–Kier alpha value is -5.03. The molecule has 0 bridgehead atoms. The Labute approximate surface area is 229 Å². The van der Waals surface area contributed by atoms with Crippen molar-refractivity contribution in [2.75, 3.05) is 6.61 Å². The van der Waals surface area contributed by atoms with E-state index in [1.54, 1.807) is 12.3 Å². The minimum absolute atomic E-state index is 0.0549. The van der Waals surface area contributed by atoms with Gasteiger partial charge in [-0.15, -0.1) is 0 Å². The van der Waals surface area contributed by atoms with Crippen LogP contribution in [0.3, 0.4) is 0 Å². The molecule has 1 aliphatic heterocycles. The number of carbonyl (C=O) groups is 3. The molecule has 7 nitrogen and oxygen atoms in total. The number of nitrogens with zero attached hydrogens (tertiary/aromatic N) is 1. The van der Waals surface area contributed by atoms with Crippen molar-refractivity contribution in [3.05, 3.63) is 107 Å². The fourth-order valence-electron chi connectivity index (χ4n) is 5.31. The van der Waals surface area contributed by atoms with Crippen molar-refractivity contribution >= 4 is 28.7 Å². The fraction of sp³-hybridized carbons (Fsp3) is 0.188. The topological polar surface area (TPSA) is 94.6 Å². The van der Waals surface area contributed by atoms with Crippen molar-refractivity contribution in [1.82, 2.24) is 10.3 Å². The standard InChI is InChI=1S/C32H23FN2O5/c33-25-10-8-24(9-11-25)32(30(37)40-31(38)35-32)14-13-23-17-21-7-12-26(18-27(21)29(23)36)39-15-3-4-20-16-22-5-1-2-6-28(22)34-19-20/h1-2,5-12,16,18-19,23H,13-15,17H2,(H,35,38). The van der Waals surface area contributed by atoms with E-state index in [9.17, 15) is 18.8 Å².